The van der Waals surface area contributed by atoms with Crippen molar-refractivity contribution in [3.63, 3.8) is 0 Å². The molecule has 1 aliphatic heterocycles. The fourth-order valence-electron chi connectivity index (χ4n) is 1.17. The third-order valence-electron chi connectivity index (χ3n) is 1.80. The third kappa shape index (κ3) is 1.65. The van der Waals surface area contributed by atoms with E-state index in [-0.39, 0.29) is 12.4 Å². The lowest BCUT2D eigenvalue weighted by molar-refractivity contribution is 0.514. The lowest BCUT2D eigenvalue weighted by atomic mass is 10.1. The number of rotatable bonds is 1. The van der Waals surface area contributed by atoms with E-state index in [2.05, 4.69) is 14.9 Å². The van der Waals surface area contributed by atoms with Crippen molar-refractivity contribution >= 4 is 18.2 Å². The molecule has 1 aliphatic rings. The van der Waals surface area contributed by atoms with Gasteiger partial charge in [0.15, 0.2) is 0 Å². The number of hydrogen-bond donors (Lipinski definition) is 1. The predicted octanol–water partition coefficient (Wildman–Crippen LogP) is 0.0457. The molecule has 12 heavy (non-hydrogen) atoms. The van der Waals surface area contributed by atoms with Crippen LogP contribution < -0.4 is 10.6 Å². The molecule has 0 aliphatic carbocycles. The van der Waals surface area contributed by atoms with Gasteiger partial charge >= 0.3 is 0 Å². The quantitative estimate of drug-likeness (QED) is 0.673. The van der Waals surface area contributed by atoms with Crippen molar-refractivity contribution in [3.8, 4) is 0 Å². The Bertz CT molecular complexity index is 234. The zero-order valence-electron chi connectivity index (χ0n) is 6.55. The summed E-state index contributed by atoms with van der Waals surface area (Å²) in [7, 11) is 0. The monoisotopic (exact) mass is 186 g/mol. The molecular weight excluding hydrogens is 176 g/mol. The van der Waals surface area contributed by atoms with Crippen LogP contribution in [0.4, 0.5) is 5.82 Å². The van der Waals surface area contributed by atoms with E-state index < -0.39 is 0 Å². The van der Waals surface area contributed by atoms with E-state index >= 15 is 0 Å². The molecule has 4 nitrogen and oxygen atoms in total. The second-order valence-corrected chi connectivity index (χ2v) is 2.73. The van der Waals surface area contributed by atoms with Gasteiger partial charge < -0.3 is 10.6 Å². The zero-order chi connectivity index (χ0) is 7.68. The number of nitrogens with two attached hydrogens (primary N) is 1. The maximum Gasteiger partial charge on any atom is 0.132 e. The van der Waals surface area contributed by atoms with Gasteiger partial charge in [-0.25, -0.2) is 9.97 Å². The molecule has 1 aromatic heterocycles. The van der Waals surface area contributed by atoms with E-state index in [1.807, 2.05) is 6.07 Å². The molecule has 1 fully saturated rings. The highest BCUT2D eigenvalue weighted by Gasteiger charge is 2.23. The fraction of sp³-hybridized carbons (Fsp3) is 0.429. The van der Waals surface area contributed by atoms with E-state index in [1.165, 1.54) is 0 Å². The van der Waals surface area contributed by atoms with Crippen molar-refractivity contribution < 1.29 is 0 Å². The molecule has 0 aromatic carbocycles. The summed E-state index contributed by atoms with van der Waals surface area (Å²) < 4.78 is 0. The first-order valence-corrected chi connectivity index (χ1v) is 3.63. The third-order valence-corrected chi connectivity index (χ3v) is 1.80. The van der Waals surface area contributed by atoms with E-state index in [1.54, 1.807) is 12.5 Å². The van der Waals surface area contributed by atoms with Gasteiger partial charge in [0.25, 0.3) is 0 Å². The molecule has 1 aromatic rings. The second kappa shape index (κ2) is 3.69. The predicted molar refractivity (Wildman–Crippen MR) is 49.5 cm³/mol. The summed E-state index contributed by atoms with van der Waals surface area (Å²) in [5.74, 6) is 0.974. The molecule has 0 bridgehead atoms. The van der Waals surface area contributed by atoms with Crippen LogP contribution in [0.5, 0.6) is 0 Å². The minimum absolute atomic E-state index is 0. The Labute approximate surface area is 77.2 Å². The van der Waals surface area contributed by atoms with Crippen LogP contribution in [0.25, 0.3) is 0 Å². The first-order valence-electron chi connectivity index (χ1n) is 3.63. The molecule has 0 atom stereocenters. The minimum atomic E-state index is 0. The van der Waals surface area contributed by atoms with Gasteiger partial charge in [0, 0.05) is 25.3 Å². The average Bonchev–Trinajstić information content (AvgIpc) is 2.01. The molecule has 0 spiro atoms. The molecular formula is C7H11ClN4. The van der Waals surface area contributed by atoms with Gasteiger partial charge in [-0.2, -0.15) is 0 Å². The lowest BCUT2D eigenvalue weighted by Gasteiger charge is -2.37. The summed E-state index contributed by atoms with van der Waals surface area (Å²) in [6.07, 6.45) is 3.30. The highest BCUT2D eigenvalue weighted by atomic mass is 35.5. The van der Waals surface area contributed by atoms with Gasteiger partial charge in [0.05, 0.1) is 0 Å². The van der Waals surface area contributed by atoms with Crippen LogP contribution >= 0.6 is 12.4 Å². The van der Waals surface area contributed by atoms with Crippen LogP contribution in [0, 0.1) is 0 Å². The second-order valence-electron chi connectivity index (χ2n) is 2.73. The first-order chi connectivity index (χ1) is 5.36. The van der Waals surface area contributed by atoms with Gasteiger partial charge in [0.2, 0.25) is 0 Å². The van der Waals surface area contributed by atoms with E-state index in [0.717, 1.165) is 18.9 Å². The molecule has 0 unspecified atom stereocenters. The molecule has 2 N–H and O–H groups in total. The SMILES string of the molecule is Cl.NC1CN(c2ccncn2)C1. The van der Waals surface area contributed by atoms with Gasteiger partial charge in [-0.1, -0.05) is 0 Å². The van der Waals surface area contributed by atoms with Crippen LogP contribution in [0.15, 0.2) is 18.6 Å². The number of halogens is 1. The average molecular weight is 187 g/mol. The summed E-state index contributed by atoms with van der Waals surface area (Å²) in [6, 6.07) is 2.22. The van der Waals surface area contributed by atoms with Crippen LogP contribution in [-0.4, -0.2) is 29.1 Å². The number of hydrogen-bond acceptors (Lipinski definition) is 4. The van der Waals surface area contributed by atoms with E-state index in [9.17, 15) is 0 Å². The van der Waals surface area contributed by atoms with Crippen molar-refractivity contribution in [2.45, 2.75) is 6.04 Å². The maximum absolute atomic E-state index is 5.62. The fourth-order valence-corrected chi connectivity index (χ4v) is 1.17. The summed E-state index contributed by atoms with van der Waals surface area (Å²) in [5.41, 5.74) is 5.62. The normalized spacial score (nSPS) is 16.6. The Hall–Kier alpha value is -0.870. The molecule has 66 valence electrons. The first kappa shape index (κ1) is 9.22. The van der Waals surface area contributed by atoms with Gasteiger partial charge in [0.1, 0.15) is 12.1 Å². The number of aromatic nitrogens is 2. The van der Waals surface area contributed by atoms with Gasteiger partial charge in [-0.05, 0) is 6.07 Å². The molecule has 5 heteroatoms. The summed E-state index contributed by atoms with van der Waals surface area (Å²) in [4.78, 5) is 10.1. The Morgan fingerprint density at radius 3 is 2.75 bits per heavy atom. The highest BCUT2D eigenvalue weighted by molar-refractivity contribution is 5.85. The highest BCUT2D eigenvalue weighted by Crippen LogP contribution is 2.14. The van der Waals surface area contributed by atoms with Crippen LogP contribution in [0.2, 0.25) is 0 Å². The van der Waals surface area contributed by atoms with Crippen LogP contribution in [0.3, 0.4) is 0 Å². The zero-order valence-corrected chi connectivity index (χ0v) is 7.37. The Morgan fingerprint density at radius 1 is 1.50 bits per heavy atom. The Morgan fingerprint density at radius 2 is 2.25 bits per heavy atom. The topological polar surface area (TPSA) is 55.0 Å². The summed E-state index contributed by atoms with van der Waals surface area (Å²) in [6.45, 7) is 1.83. The molecule has 0 saturated carbocycles. The van der Waals surface area contributed by atoms with Crippen molar-refractivity contribution in [3.05, 3.63) is 18.6 Å². The smallest absolute Gasteiger partial charge is 0.132 e. The van der Waals surface area contributed by atoms with Gasteiger partial charge in [-0.3, -0.25) is 0 Å². The standard InChI is InChI=1S/C7H10N4.ClH/c8-6-3-11(4-6)7-1-2-9-5-10-7;/h1-2,5-6H,3-4,8H2;1H. The lowest BCUT2D eigenvalue weighted by Crippen LogP contribution is -2.56. The Balaban J connectivity index is 0.000000720. The van der Waals surface area contributed by atoms with Crippen molar-refractivity contribution in [2.75, 3.05) is 18.0 Å². The maximum atomic E-state index is 5.62. The molecule has 0 amide bonds. The minimum Gasteiger partial charge on any atom is -0.353 e. The van der Waals surface area contributed by atoms with Crippen LogP contribution in [-0.2, 0) is 0 Å². The molecule has 2 heterocycles. The van der Waals surface area contributed by atoms with Crippen molar-refractivity contribution in [2.24, 2.45) is 5.73 Å². The molecule has 0 radical (unpaired) electrons. The van der Waals surface area contributed by atoms with Crippen molar-refractivity contribution in [1.29, 1.82) is 0 Å². The Kier molecular flexibility index (Phi) is 2.83. The number of nitrogens with zero attached hydrogens (tertiary/aromatic N) is 3. The van der Waals surface area contributed by atoms with E-state index in [4.69, 9.17) is 5.73 Å². The van der Waals surface area contributed by atoms with Crippen LogP contribution in [0.1, 0.15) is 0 Å². The number of anilines is 1. The van der Waals surface area contributed by atoms with E-state index in [0.29, 0.717) is 6.04 Å². The molecule has 2 rings (SSSR count). The van der Waals surface area contributed by atoms with Gasteiger partial charge in [-0.15, -0.1) is 12.4 Å². The summed E-state index contributed by atoms with van der Waals surface area (Å²) in [5, 5.41) is 0. The summed E-state index contributed by atoms with van der Waals surface area (Å²) >= 11 is 0. The largest absolute Gasteiger partial charge is 0.353 e. The van der Waals surface area contributed by atoms with Crippen molar-refractivity contribution in [1.82, 2.24) is 9.97 Å². The molecule has 1 saturated heterocycles.